The zero-order valence-electron chi connectivity index (χ0n) is 14.2. The van der Waals surface area contributed by atoms with Crippen molar-refractivity contribution in [2.75, 3.05) is 27.9 Å². The van der Waals surface area contributed by atoms with Gasteiger partial charge in [-0.25, -0.2) is 0 Å². The second-order valence-electron chi connectivity index (χ2n) is 6.15. The van der Waals surface area contributed by atoms with E-state index in [0.717, 1.165) is 22.6 Å². The van der Waals surface area contributed by atoms with Gasteiger partial charge in [-0.1, -0.05) is 36.4 Å². The van der Waals surface area contributed by atoms with Crippen LogP contribution in [0.1, 0.15) is 17.2 Å². The Morgan fingerprint density at radius 3 is 2.46 bits per heavy atom. The van der Waals surface area contributed by atoms with Crippen LogP contribution in [0.3, 0.4) is 0 Å². The van der Waals surface area contributed by atoms with Crippen molar-refractivity contribution in [3.05, 3.63) is 59.7 Å². The van der Waals surface area contributed by atoms with Crippen LogP contribution >= 0.6 is 0 Å². The van der Waals surface area contributed by atoms with Crippen molar-refractivity contribution in [3.8, 4) is 11.5 Å². The molecule has 0 spiro atoms. The molecule has 1 atom stereocenters. The molecule has 0 radical (unpaired) electrons. The number of nitrogens with zero attached hydrogens (tertiary/aromatic N) is 2. The van der Waals surface area contributed by atoms with Gasteiger partial charge < -0.3 is 14.4 Å². The first kappa shape index (κ1) is 16.3. The Hall–Kier alpha value is -2.53. The minimum Gasteiger partial charge on any atom is -0.454 e. The number of likely N-dealkylation sites (N-methyl/N-ethyl adjacent to an activating group) is 2. The summed E-state index contributed by atoms with van der Waals surface area (Å²) in [7, 11) is 5.53. The molecule has 126 valence electrons. The highest BCUT2D eigenvalue weighted by molar-refractivity contribution is 5.82. The van der Waals surface area contributed by atoms with Gasteiger partial charge in [0.05, 0.1) is 0 Å². The summed E-state index contributed by atoms with van der Waals surface area (Å²) in [5.74, 6) is 1.59. The smallest absolute Gasteiger partial charge is 0.244 e. The molecule has 3 rings (SSSR count). The van der Waals surface area contributed by atoms with Crippen LogP contribution in [0.15, 0.2) is 48.5 Å². The van der Waals surface area contributed by atoms with Crippen LogP contribution in [0.2, 0.25) is 0 Å². The molecule has 5 nitrogen and oxygen atoms in total. The van der Waals surface area contributed by atoms with E-state index in [1.165, 1.54) is 0 Å². The summed E-state index contributed by atoms with van der Waals surface area (Å²) >= 11 is 0. The van der Waals surface area contributed by atoms with E-state index in [2.05, 4.69) is 4.90 Å². The number of carbonyl (C=O) groups is 1. The maximum Gasteiger partial charge on any atom is 0.244 e. The number of rotatable bonds is 5. The van der Waals surface area contributed by atoms with Crippen molar-refractivity contribution in [1.29, 1.82) is 0 Å². The molecule has 0 aromatic heterocycles. The van der Waals surface area contributed by atoms with E-state index in [-0.39, 0.29) is 18.7 Å². The van der Waals surface area contributed by atoms with Gasteiger partial charge in [0.1, 0.15) is 6.04 Å². The monoisotopic (exact) mass is 326 g/mol. The fourth-order valence-corrected chi connectivity index (χ4v) is 2.88. The van der Waals surface area contributed by atoms with Crippen LogP contribution in [0, 0.1) is 0 Å². The first-order valence-corrected chi connectivity index (χ1v) is 7.91. The van der Waals surface area contributed by atoms with E-state index in [0.29, 0.717) is 6.54 Å². The molecule has 0 fully saturated rings. The Labute approximate surface area is 142 Å². The van der Waals surface area contributed by atoms with Crippen LogP contribution in [0.25, 0.3) is 0 Å². The summed E-state index contributed by atoms with van der Waals surface area (Å²) in [6.45, 7) is 0.899. The molecule has 5 heteroatoms. The fraction of sp³-hybridized carbons (Fsp3) is 0.316. The average Bonchev–Trinajstić information content (AvgIpc) is 3.03. The van der Waals surface area contributed by atoms with E-state index in [1.807, 2.05) is 55.6 Å². The lowest BCUT2D eigenvalue weighted by Gasteiger charge is -2.29. The number of ether oxygens (including phenoxy) is 2. The van der Waals surface area contributed by atoms with E-state index >= 15 is 0 Å². The molecule has 1 aliphatic heterocycles. The van der Waals surface area contributed by atoms with Gasteiger partial charge in [0, 0.05) is 20.6 Å². The Morgan fingerprint density at radius 2 is 1.75 bits per heavy atom. The quantitative estimate of drug-likeness (QED) is 0.847. The number of hydrogen-bond donors (Lipinski definition) is 0. The molecular weight excluding hydrogens is 304 g/mol. The van der Waals surface area contributed by atoms with Crippen molar-refractivity contribution < 1.29 is 14.3 Å². The van der Waals surface area contributed by atoms with E-state index in [1.54, 1.807) is 19.0 Å². The lowest BCUT2D eigenvalue weighted by molar-refractivity contribution is -0.134. The van der Waals surface area contributed by atoms with Gasteiger partial charge >= 0.3 is 0 Å². The minimum absolute atomic E-state index is 0.0597. The maximum absolute atomic E-state index is 12.7. The standard InChI is InChI=1S/C19H22N2O3/c1-20(2)19(22)18(15-7-5-4-6-8-15)21(3)12-14-9-10-16-17(11-14)24-13-23-16/h4-11,18H,12-13H2,1-3H3/t18-/m1/s1. The topological polar surface area (TPSA) is 42.0 Å². The Morgan fingerprint density at radius 1 is 1.04 bits per heavy atom. The Balaban J connectivity index is 1.83. The van der Waals surface area contributed by atoms with E-state index in [9.17, 15) is 4.79 Å². The second kappa shape index (κ2) is 6.93. The number of hydrogen-bond acceptors (Lipinski definition) is 4. The Bertz CT molecular complexity index is 716. The molecule has 1 heterocycles. The third-order valence-electron chi connectivity index (χ3n) is 4.10. The molecule has 0 bridgehead atoms. The molecule has 2 aromatic rings. The molecule has 0 saturated heterocycles. The summed E-state index contributed by atoms with van der Waals surface area (Å²) < 4.78 is 10.8. The van der Waals surface area contributed by atoms with Crippen LogP contribution in [0.4, 0.5) is 0 Å². The van der Waals surface area contributed by atoms with Gasteiger partial charge in [-0.05, 0) is 30.3 Å². The molecular formula is C19H22N2O3. The first-order valence-electron chi connectivity index (χ1n) is 7.91. The van der Waals surface area contributed by atoms with Gasteiger partial charge in [0.25, 0.3) is 0 Å². The fourth-order valence-electron chi connectivity index (χ4n) is 2.88. The van der Waals surface area contributed by atoms with Gasteiger partial charge in [0.2, 0.25) is 12.7 Å². The predicted molar refractivity (Wildman–Crippen MR) is 91.9 cm³/mol. The minimum atomic E-state index is -0.327. The number of fused-ring (bicyclic) bond motifs is 1. The molecule has 24 heavy (non-hydrogen) atoms. The van der Waals surface area contributed by atoms with Crippen molar-refractivity contribution >= 4 is 5.91 Å². The predicted octanol–water partition coefficient (Wildman–Crippen LogP) is 2.68. The lowest BCUT2D eigenvalue weighted by atomic mass is 10.0. The first-order chi connectivity index (χ1) is 11.6. The molecule has 0 N–H and O–H groups in total. The lowest BCUT2D eigenvalue weighted by Crippen LogP contribution is -2.37. The molecule has 1 aliphatic rings. The van der Waals surface area contributed by atoms with Gasteiger partial charge in [-0.3, -0.25) is 9.69 Å². The highest BCUT2D eigenvalue weighted by atomic mass is 16.7. The Kier molecular flexibility index (Phi) is 4.71. The largest absolute Gasteiger partial charge is 0.454 e. The summed E-state index contributed by atoms with van der Waals surface area (Å²) in [4.78, 5) is 16.4. The van der Waals surface area contributed by atoms with Crippen LogP contribution in [-0.4, -0.2) is 43.6 Å². The third-order valence-corrected chi connectivity index (χ3v) is 4.10. The van der Waals surface area contributed by atoms with Gasteiger partial charge in [0.15, 0.2) is 11.5 Å². The zero-order chi connectivity index (χ0) is 17.1. The zero-order valence-corrected chi connectivity index (χ0v) is 14.2. The van der Waals surface area contributed by atoms with Crippen molar-refractivity contribution in [2.24, 2.45) is 0 Å². The van der Waals surface area contributed by atoms with Crippen LogP contribution in [-0.2, 0) is 11.3 Å². The van der Waals surface area contributed by atoms with Crippen molar-refractivity contribution in [3.63, 3.8) is 0 Å². The highest BCUT2D eigenvalue weighted by Crippen LogP contribution is 2.33. The van der Waals surface area contributed by atoms with E-state index in [4.69, 9.17) is 9.47 Å². The molecule has 2 aromatic carbocycles. The molecule has 0 aliphatic carbocycles. The summed E-state index contributed by atoms with van der Waals surface area (Å²) in [5, 5.41) is 0. The number of benzene rings is 2. The van der Waals surface area contributed by atoms with Crippen molar-refractivity contribution in [1.82, 2.24) is 9.80 Å². The molecule has 1 amide bonds. The summed E-state index contributed by atoms with van der Waals surface area (Å²) in [6.07, 6.45) is 0. The molecule has 0 saturated carbocycles. The van der Waals surface area contributed by atoms with Crippen molar-refractivity contribution in [2.45, 2.75) is 12.6 Å². The normalized spacial score (nSPS) is 13.8. The van der Waals surface area contributed by atoms with E-state index < -0.39 is 0 Å². The SMILES string of the molecule is CN(C)C(=O)[C@@H](c1ccccc1)N(C)Cc1ccc2c(c1)OCO2. The second-order valence-corrected chi connectivity index (χ2v) is 6.15. The van der Waals surface area contributed by atoms with Crippen LogP contribution < -0.4 is 9.47 Å². The van der Waals surface area contributed by atoms with Gasteiger partial charge in [-0.15, -0.1) is 0 Å². The maximum atomic E-state index is 12.7. The summed E-state index contributed by atoms with van der Waals surface area (Å²) in [5.41, 5.74) is 2.06. The number of amides is 1. The highest BCUT2D eigenvalue weighted by Gasteiger charge is 2.27. The molecule has 0 unspecified atom stereocenters. The average molecular weight is 326 g/mol. The van der Waals surface area contributed by atoms with Crippen LogP contribution in [0.5, 0.6) is 11.5 Å². The summed E-state index contributed by atoms with van der Waals surface area (Å²) in [6, 6.07) is 15.4. The third kappa shape index (κ3) is 3.36. The number of carbonyl (C=O) groups excluding carboxylic acids is 1. The van der Waals surface area contributed by atoms with Gasteiger partial charge in [-0.2, -0.15) is 0 Å².